The molecule has 0 saturated heterocycles. The summed E-state index contributed by atoms with van der Waals surface area (Å²) in [5.41, 5.74) is 4.08. The Hall–Kier alpha value is -2.53. The number of amides is 1. The summed E-state index contributed by atoms with van der Waals surface area (Å²) >= 11 is 0. The van der Waals surface area contributed by atoms with E-state index in [1.54, 1.807) is 14.2 Å². The fraction of sp³-hybridized carbons (Fsp3) is 0.350. The quantitative estimate of drug-likeness (QED) is 0.838. The van der Waals surface area contributed by atoms with E-state index in [2.05, 4.69) is 5.32 Å². The molecule has 0 aromatic heterocycles. The van der Waals surface area contributed by atoms with E-state index in [0.717, 1.165) is 22.4 Å². The molecule has 0 fully saturated rings. The standard InChI is InChI=1S/C20H26N2O3/c1-14-7-6-8-15(2)20(14)21-19(23)13-22(3)12-16-9-10-17(24-4)18(11-16)25-5/h6-11H,12-13H2,1-5H3,(H,21,23). The first-order valence-electron chi connectivity index (χ1n) is 8.20. The van der Waals surface area contributed by atoms with Gasteiger partial charge in [0.25, 0.3) is 0 Å². The van der Waals surface area contributed by atoms with Crippen LogP contribution in [0.3, 0.4) is 0 Å². The summed E-state index contributed by atoms with van der Waals surface area (Å²) < 4.78 is 10.6. The highest BCUT2D eigenvalue weighted by Gasteiger charge is 2.11. The number of carbonyl (C=O) groups is 1. The zero-order chi connectivity index (χ0) is 18.4. The number of aryl methyl sites for hydroxylation is 2. The van der Waals surface area contributed by atoms with Gasteiger partial charge in [0.05, 0.1) is 20.8 Å². The van der Waals surface area contributed by atoms with Crippen LogP contribution in [-0.2, 0) is 11.3 Å². The van der Waals surface area contributed by atoms with Gasteiger partial charge >= 0.3 is 0 Å². The molecule has 0 spiro atoms. The maximum absolute atomic E-state index is 12.3. The van der Waals surface area contributed by atoms with Gasteiger partial charge in [-0.1, -0.05) is 24.3 Å². The third-order valence-electron chi connectivity index (χ3n) is 4.06. The fourth-order valence-electron chi connectivity index (χ4n) is 2.78. The number of carbonyl (C=O) groups excluding carboxylic acids is 1. The maximum atomic E-state index is 12.3. The second-order valence-corrected chi connectivity index (χ2v) is 6.18. The van der Waals surface area contributed by atoms with Crippen LogP contribution >= 0.6 is 0 Å². The molecule has 0 heterocycles. The molecule has 0 aliphatic carbocycles. The molecule has 0 aliphatic rings. The lowest BCUT2D eigenvalue weighted by Crippen LogP contribution is -2.30. The van der Waals surface area contributed by atoms with Gasteiger partial charge in [0.15, 0.2) is 11.5 Å². The molecule has 0 aliphatic heterocycles. The van der Waals surface area contributed by atoms with E-state index in [1.807, 2.05) is 62.2 Å². The largest absolute Gasteiger partial charge is 0.493 e. The lowest BCUT2D eigenvalue weighted by atomic mass is 10.1. The molecule has 25 heavy (non-hydrogen) atoms. The number of nitrogens with one attached hydrogen (secondary N) is 1. The Morgan fingerprint density at radius 1 is 1.04 bits per heavy atom. The predicted octanol–water partition coefficient (Wildman–Crippen LogP) is 3.39. The normalized spacial score (nSPS) is 10.6. The Kier molecular flexibility index (Phi) is 6.42. The lowest BCUT2D eigenvalue weighted by Gasteiger charge is -2.18. The molecule has 5 heteroatoms. The highest BCUT2D eigenvalue weighted by molar-refractivity contribution is 5.93. The molecular formula is C20H26N2O3. The number of hydrogen-bond donors (Lipinski definition) is 1. The Morgan fingerprint density at radius 2 is 1.68 bits per heavy atom. The summed E-state index contributed by atoms with van der Waals surface area (Å²) in [5.74, 6) is 1.36. The number of methoxy groups -OCH3 is 2. The van der Waals surface area contributed by atoms with E-state index in [-0.39, 0.29) is 5.91 Å². The predicted molar refractivity (Wildman–Crippen MR) is 100 cm³/mol. The molecule has 0 saturated carbocycles. The average molecular weight is 342 g/mol. The van der Waals surface area contributed by atoms with Crippen molar-refractivity contribution in [3.63, 3.8) is 0 Å². The number of ether oxygens (including phenoxy) is 2. The number of anilines is 1. The Labute approximate surface area is 149 Å². The van der Waals surface area contributed by atoms with E-state index >= 15 is 0 Å². The fourth-order valence-corrected chi connectivity index (χ4v) is 2.78. The first-order valence-corrected chi connectivity index (χ1v) is 8.20. The molecule has 5 nitrogen and oxygen atoms in total. The summed E-state index contributed by atoms with van der Waals surface area (Å²) in [6.07, 6.45) is 0. The Bertz CT molecular complexity index is 723. The second-order valence-electron chi connectivity index (χ2n) is 6.18. The zero-order valence-electron chi connectivity index (χ0n) is 15.6. The van der Waals surface area contributed by atoms with Crippen molar-refractivity contribution in [3.05, 3.63) is 53.1 Å². The number of hydrogen-bond acceptors (Lipinski definition) is 4. The average Bonchev–Trinajstić information content (AvgIpc) is 2.58. The van der Waals surface area contributed by atoms with Crippen LogP contribution in [0.25, 0.3) is 0 Å². The molecule has 0 radical (unpaired) electrons. The molecule has 134 valence electrons. The summed E-state index contributed by atoms with van der Waals surface area (Å²) in [6, 6.07) is 11.8. The monoisotopic (exact) mass is 342 g/mol. The van der Waals surface area contributed by atoms with E-state index in [0.29, 0.717) is 24.6 Å². The first-order chi connectivity index (χ1) is 11.9. The molecule has 0 unspecified atom stereocenters. The van der Waals surface area contributed by atoms with Crippen molar-refractivity contribution in [1.82, 2.24) is 4.90 Å². The van der Waals surface area contributed by atoms with Crippen molar-refractivity contribution in [1.29, 1.82) is 0 Å². The highest BCUT2D eigenvalue weighted by atomic mass is 16.5. The molecule has 0 atom stereocenters. The summed E-state index contributed by atoms with van der Waals surface area (Å²) in [5, 5.41) is 3.01. The number of rotatable bonds is 7. The van der Waals surface area contributed by atoms with E-state index < -0.39 is 0 Å². The third kappa shape index (κ3) is 4.97. The minimum atomic E-state index is -0.0274. The van der Waals surface area contributed by atoms with Gasteiger partial charge in [0.2, 0.25) is 5.91 Å². The summed E-state index contributed by atoms with van der Waals surface area (Å²) in [6.45, 7) is 4.94. The van der Waals surface area contributed by atoms with E-state index in [4.69, 9.17) is 9.47 Å². The van der Waals surface area contributed by atoms with Crippen LogP contribution in [0.15, 0.2) is 36.4 Å². The van der Waals surface area contributed by atoms with Crippen molar-refractivity contribution in [2.45, 2.75) is 20.4 Å². The topological polar surface area (TPSA) is 50.8 Å². The third-order valence-corrected chi connectivity index (χ3v) is 4.06. The molecule has 1 N–H and O–H groups in total. The van der Waals surface area contributed by atoms with Gasteiger partial charge in [-0.05, 0) is 49.7 Å². The second kappa shape index (κ2) is 8.53. The number of nitrogens with zero attached hydrogens (tertiary/aromatic N) is 1. The van der Waals surface area contributed by atoms with Crippen LogP contribution in [0.1, 0.15) is 16.7 Å². The smallest absolute Gasteiger partial charge is 0.238 e. The van der Waals surface area contributed by atoms with Gasteiger partial charge in [-0.15, -0.1) is 0 Å². The van der Waals surface area contributed by atoms with Crippen LogP contribution in [0.4, 0.5) is 5.69 Å². The van der Waals surface area contributed by atoms with Crippen LogP contribution in [0.5, 0.6) is 11.5 Å². The van der Waals surface area contributed by atoms with Gasteiger partial charge in [-0.25, -0.2) is 0 Å². The number of likely N-dealkylation sites (N-methyl/N-ethyl adjacent to an activating group) is 1. The molecule has 2 aromatic carbocycles. The minimum absolute atomic E-state index is 0.0274. The van der Waals surface area contributed by atoms with Gasteiger partial charge in [0.1, 0.15) is 0 Å². The summed E-state index contributed by atoms with van der Waals surface area (Å²) in [7, 11) is 5.14. The van der Waals surface area contributed by atoms with E-state index in [9.17, 15) is 4.79 Å². The Morgan fingerprint density at radius 3 is 2.28 bits per heavy atom. The number of benzene rings is 2. The van der Waals surface area contributed by atoms with Crippen molar-refractivity contribution in [2.75, 3.05) is 33.1 Å². The number of para-hydroxylation sites is 1. The molecular weight excluding hydrogens is 316 g/mol. The van der Waals surface area contributed by atoms with Crippen LogP contribution in [0, 0.1) is 13.8 Å². The van der Waals surface area contributed by atoms with Crippen molar-refractivity contribution in [2.24, 2.45) is 0 Å². The van der Waals surface area contributed by atoms with Crippen LogP contribution in [0.2, 0.25) is 0 Å². The van der Waals surface area contributed by atoms with Crippen LogP contribution in [-0.4, -0.2) is 38.6 Å². The first kappa shape index (κ1) is 18.8. The Balaban J connectivity index is 1.98. The zero-order valence-corrected chi connectivity index (χ0v) is 15.6. The molecule has 2 aromatic rings. The minimum Gasteiger partial charge on any atom is -0.493 e. The van der Waals surface area contributed by atoms with Crippen molar-refractivity contribution in [3.8, 4) is 11.5 Å². The molecule has 1 amide bonds. The van der Waals surface area contributed by atoms with Crippen molar-refractivity contribution >= 4 is 11.6 Å². The lowest BCUT2D eigenvalue weighted by molar-refractivity contribution is -0.117. The van der Waals surface area contributed by atoms with Gasteiger partial charge < -0.3 is 14.8 Å². The summed E-state index contributed by atoms with van der Waals surface area (Å²) in [4.78, 5) is 14.3. The molecule has 2 rings (SSSR count). The van der Waals surface area contributed by atoms with Gasteiger partial charge in [0, 0.05) is 12.2 Å². The van der Waals surface area contributed by atoms with Crippen LogP contribution < -0.4 is 14.8 Å². The van der Waals surface area contributed by atoms with Gasteiger partial charge in [-0.2, -0.15) is 0 Å². The molecule has 0 bridgehead atoms. The van der Waals surface area contributed by atoms with E-state index in [1.165, 1.54) is 0 Å². The SMILES string of the molecule is COc1ccc(CN(C)CC(=O)Nc2c(C)cccc2C)cc1OC. The highest BCUT2D eigenvalue weighted by Crippen LogP contribution is 2.28. The van der Waals surface area contributed by atoms with Gasteiger partial charge in [-0.3, -0.25) is 9.69 Å². The van der Waals surface area contributed by atoms with Crippen molar-refractivity contribution < 1.29 is 14.3 Å². The maximum Gasteiger partial charge on any atom is 0.238 e.